The van der Waals surface area contributed by atoms with E-state index in [-0.39, 0.29) is 5.97 Å². The first-order valence-corrected chi connectivity index (χ1v) is 7.48. The van der Waals surface area contributed by atoms with Gasteiger partial charge in [-0.3, -0.25) is 4.79 Å². The van der Waals surface area contributed by atoms with Crippen LogP contribution >= 0.6 is 0 Å². The number of nitrogens with zero attached hydrogens (tertiary/aromatic N) is 1. The molecule has 0 aliphatic heterocycles. The molecule has 0 spiro atoms. The molecule has 4 nitrogen and oxygen atoms in total. The average Bonchev–Trinajstić information content (AvgIpc) is 2.39. The summed E-state index contributed by atoms with van der Waals surface area (Å²) in [6.07, 6.45) is 4.15. The van der Waals surface area contributed by atoms with Gasteiger partial charge in [0.1, 0.15) is 5.54 Å². The van der Waals surface area contributed by atoms with Gasteiger partial charge < -0.3 is 15.0 Å². The highest BCUT2D eigenvalue weighted by Crippen LogP contribution is 2.16. The van der Waals surface area contributed by atoms with E-state index in [1.54, 1.807) is 0 Å². The first kappa shape index (κ1) is 18.4. The van der Waals surface area contributed by atoms with Crippen LogP contribution in [0.25, 0.3) is 0 Å². The lowest BCUT2D eigenvalue weighted by Crippen LogP contribution is -2.50. The van der Waals surface area contributed by atoms with Crippen LogP contribution in [0.2, 0.25) is 0 Å². The van der Waals surface area contributed by atoms with E-state index in [2.05, 4.69) is 31.1 Å². The van der Waals surface area contributed by atoms with Gasteiger partial charge in [-0.25, -0.2) is 0 Å². The Morgan fingerprint density at radius 1 is 1.32 bits per heavy atom. The Bertz CT molecular complexity index is 255. The highest BCUT2D eigenvalue weighted by molar-refractivity contribution is 5.80. The standard InChI is InChI=1S/C15H32N2O2/c1-7-13(8-2)17(5)12-10-11-15(4,16-9-3)14(18)19-6/h13,16H,7-12H2,1-6H3. The number of nitrogens with one attached hydrogen (secondary N) is 1. The molecule has 1 N–H and O–H groups in total. The number of carbonyl (C=O) groups excluding carboxylic acids is 1. The smallest absolute Gasteiger partial charge is 0.325 e. The van der Waals surface area contributed by atoms with Crippen LogP contribution in [0.15, 0.2) is 0 Å². The number of likely N-dealkylation sites (N-methyl/N-ethyl adjacent to an activating group) is 1. The van der Waals surface area contributed by atoms with Crippen LogP contribution in [0.4, 0.5) is 0 Å². The van der Waals surface area contributed by atoms with Crippen molar-refractivity contribution in [3.63, 3.8) is 0 Å². The normalized spacial score (nSPS) is 14.7. The van der Waals surface area contributed by atoms with Crippen LogP contribution < -0.4 is 5.32 Å². The summed E-state index contributed by atoms with van der Waals surface area (Å²) in [7, 11) is 3.62. The fraction of sp³-hybridized carbons (Fsp3) is 0.933. The van der Waals surface area contributed by atoms with Gasteiger partial charge in [0.15, 0.2) is 0 Å². The van der Waals surface area contributed by atoms with Crippen molar-refractivity contribution in [2.24, 2.45) is 0 Å². The Balaban J connectivity index is 4.30. The summed E-state index contributed by atoms with van der Waals surface area (Å²) in [6, 6.07) is 0.642. The van der Waals surface area contributed by atoms with Crippen LogP contribution in [-0.4, -0.2) is 49.7 Å². The van der Waals surface area contributed by atoms with E-state index in [1.165, 1.54) is 20.0 Å². The van der Waals surface area contributed by atoms with Gasteiger partial charge in [0.2, 0.25) is 0 Å². The summed E-state index contributed by atoms with van der Waals surface area (Å²) in [5.74, 6) is -0.167. The van der Waals surface area contributed by atoms with E-state index in [0.717, 1.165) is 25.9 Å². The summed E-state index contributed by atoms with van der Waals surface area (Å²) in [5.41, 5.74) is -0.557. The van der Waals surface area contributed by atoms with Crippen LogP contribution in [0.3, 0.4) is 0 Å². The summed E-state index contributed by atoms with van der Waals surface area (Å²) in [4.78, 5) is 14.2. The zero-order valence-corrected chi connectivity index (χ0v) is 13.6. The van der Waals surface area contributed by atoms with Gasteiger partial charge in [-0.1, -0.05) is 20.8 Å². The molecule has 19 heavy (non-hydrogen) atoms. The van der Waals surface area contributed by atoms with Crippen molar-refractivity contribution in [1.82, 2.24) is 10.2 Å². The van der Waals surface area contributed by atoms with Crippen LogP contribution in [0.1, 0.15) is 53.4 Å². The molecule has 0 fully saturated rings. The molecule has 0 amide bonds. The van der Waals surface area contributed by atoms with Gasteiger partial charge in [0.25, 0.3) is 0 Å². The van der Waals surface area contributed by atoms with Crippen molar-refractivity contribution in [3.8, 4) is 0 Å². The zero-order valence-electron chi connectivity index (χ0n) is 13.6. The number of hydrogen-bond acceptors (Lipinski definition) is 4. The summed E-state index contributed by atoms with van der Waals surface area (Å²) in [5, 5.41) is 3.25. The summed E-state index contributed by atoms with van der Waals surface area (Å²) in [6.45, 7) is 10.2. The first-order valence-electron chi connectivity index (χ1n) is 7.48. The van der Waals surface area contributed by atoms with Crippen LogP contribution in [0, 0.1) is 0 Å². The number of rotatable bonds is 10. The molecule has 0 aromatic carbocycles. The minimum absolute atomic E-state index is 0.167. The molecule has 0 heterocycles. The Morgan fingerprint density at radius 2 is 1.89 bits per heavy atom. The molecule has 4 heteroatoms. The van der Waals surface area contributed by atoms with E-state index in [4.69, 9.17) is 4.74 Å². The number of carbonyl (C=O) groups is 1. The fourth-order valence-corrected chi connectivity index (χ4v) is 2.65. The first-order chi connectivity index (χ1) is 8.95. The molecule has 0 bridgehead atoms. The van der Waals surface area contributed by atoms with E-state index < -0.39 is 5.54 Å². The maximum atomic E-state index is 11.8. The predicted octanol–water partition coefficient (Wildman–Crippen LogP) is 2.43. The molecule has 114 valence electrons. The molecule has 0 saturated carbocycles. The van der Waals surface area contributed by atoms with E-state index in [0.29, 0.717) is 6.04 Å². The third-order valence-corrected chi connectivity index (χ3v) is 3.96. The lowest BCUT2D eigenvalue weighted by molar-refractivity contribution is -0.148. The molecule has 1 unspecified atom stereocenters. The SMILES string of the molecule is CCNC(C)(CCCN(C)C(CC)CC)C(=O)OC. The molecule has 1 atom stereocenters. The molecular weight excluding hydrogens is 240 g/mol. The van der Waals surface area contributed by atoms with Gasteiger partial charge in [-0.05, 0) is 52.7 Å². The van der Waals surface area contributed by atoms with Crippen molar-refractivity contribution < 1.29 is 9.53 Å². The number of methoxy groups -OCH3 is 1. The largest absolute Gasteiger partial charge is 0.468 e. The van der Waals surface area contributed by atoms with Crippen molar-refractivity contribution in [3.05, 3.63) is 0 Å². The lowest BCUT2D eigenvalue weighted by atomic mass is 9.95. The molecule has 0 aromatic rings. The quantitative estimate of drug-likeness (QED) is 0.620. The monoisotopic (exact) mass is 272 g/mol. The maximum absolute atomic E-state index is 11.8. The molecule has 0 radical (unpaired) electrons. The van der Waals surface area contributed by atoms with Gasteiger partial charge in [-0.15, -0.1) is 0 Å². The molecule has 0 rings (SSSR count). The highest BCUT2D eigenvalue weighted by Gasteiger charge is 2.32. The minimum atomic E-state index is -0.557. The van der Waals surface area contributed by atoms with Crippen molar-refractivity contribution >= 4 is 5.97 Å². The molecule has 0 aromatic heterocycles. The van der Waals surface area contributed by atoms with E-state index >= 15 is 0 Å². The van der Waals surface area contributed by atoms with Gasteiger partial charge in [0, 0.05) is 6.04 Å². The second-order valence-corrected chi connectivity index (χ2v) is 5.41. The lowest BCUT2D eigenvalue weighted by Gasteiger charge is -2.30. The fourth-order valence-electron chi connectivity index (χ4n) is 2.65. The van der Waals surface area contributed by atoms with Gasteiger partial charge >= 0.3 is 5.97 Å². The topological polar surface area (TPSA) is 41.6 Å². The zero-order chi connectivity index (χ0) is 14.9. The number of esters is 1. The van der Waals surface area contributed by atoms with Crippen LogP contribution in [-0.2, 0) is 9.53 Å². The second kappa shape index (κ2) is 9.32. The minimum Gasteiger partial charge on any atom is -0.468 e. The van der Waals surface area contributed by atoms with Crippen molar-refractivity contribution in [2.75, 3.05) is 27.2 Å². The van der Waals surface area contributed by atoms with Crippen molar-refractivity contribution in [2.45, 2.75) is 65.0 Å². The third kappa shape index (κ3) is 5.91. The third-order valence-electron chi connectivity index (χ3n) is 3.96. The van der Waals surface area contributed by atoms with Crippen LogP contribution in [0.5, 0.6) is 0 Å². The predicted molar refractivity (Wildman–Crippen MR) is 80.3 cm³/mol. The van der Waals surface area contributed by atoms with Crippen molar-refractivity contribution in [1.29, 1.82) is 0 Å². The molecule has 0 aliphatic carbocycles. The van der Waals surface area contributed by atoms with Gasteiger partial charge in [0.05, 0.1) is 7.11 Å². The number of ether oxygens (including phenoxy) is 1. The average molecular weight is 272 g/mol. The maximum Gasteiger partial charge on any atom is 0.325 e. The van der Waals surface area contributed by atoms with E-state index in [1.807, 2.05) is 13.8 Å². The number of hydrogen-bond donors (Lipinski definition) is 1. The Hall–Kier alpha value is -0.610. The summed E-state index contributed by atoms with van der Waals surface area (Å²) < 4.78 is 4.90. The highest BCUT2D eigenvalue weighted by atomic mass is 16.5. The Labute approximate surface area is 118 Å². The molecule has 0 aliphatic rings. The van der Waals surface area contributed by atoms with E-state index in [9.17, 15) is 4.79 Å². The molecular formula is C15H32N2O2. The Morgan fingerprint density at radius 3 is 2.32 bits per heavy atom. The van der Waals surface area contributed by atoms with Gasteiger partial charge in [-0.2, -0.15) is 0 Å². The summed E-state index contributed by atoms with van der Waals surface area (Å²) >= 11 is 0. The second-order valence-electron chi connectivity index (χ2n) is 5.41. The Kier molecular flexibility index (Phi) is 9.02. The molecule has 0 saturated heterocycles.